The summed E-state index contributed by atoms with van der Waals surface area (Å²) in [5, 5.41) is 7.37. The molecule has 4 atom stereocenters. The van der Waals surface area contributed by atoms with Gasteiger partial charge in [-0.25, -0.2) is 0 Å². The monoisotopic (exact) mass is 322 g/mol. The largest absolute Gasteiger partial charge is 0.466 e. The molecule has 3 aliphatic rings. The molecule has 23 heavy (non-hydrogen) atoms. The van der Waals surface area contributed by atoms with Crippen molar-refractivity contribution in [1.82, 2.24) is 10.6 Å². The average molecular weight is 322 g/mol. The zero-order chi connectivity index (χ0) is 16.2. The Balaban J connectivity index is 1.41. The van der Waals surface area contributed by atoms with Crippen LogP contribution in [0.2, 0.25) is 0 Å². The fourth-order valence-corrected chi connectivity index (χ4v) is 4.41. The van der Waals surface area contributed by atoms with E-state index in [1.807, 2.05) is 6.92 Å². The minimum absolute atomic E-state index is 0.0492. The van der Waals surface area contributed by atoms with E-state index in [-0.39, 0.29) is 5.97 Å². The summed E-state index contributed by atoms with van der Waals surface area (Å²) in [6, 6.07) is 2.62. The summed E-state index contributed by atoms with van der Waals surface area (Å²) in [5.74, 6) is 1.23. The van der Waals surface area contributed by atoms with Gasteiger partial charge in [-0.15, -0.1) is 0 Å². The lowest BCUT2D eigenvalue weighted by atomic mass is 9.99. The van der Waals surface area contributed by atoms with Gasteiger partial charge in [0.1, 0.15) is 0 Å². The minimum atomic E-state index is -0.0492. The van der Waals surface area contributed by atoms with E-state index < -0.39 is 0 Å². The van der Waals surface area contributed by atoms with Gasteiger partial charge in [0.15, 0.2) is 0 Å². The zero-order valence-corrected chi connectivity index (χ0v) is 14.6. The number of unbranched alkanes of at least 4 members (excludes halogenated alkanes) is 1. The number of rotatable bonds is 7. The summed E-state index contributed by atoms with van der Waals surface area (Å²) in [6.45, 7) is 4.87. The number of nitrogens with one attached hydrogen (secondary N) is 2. The lowest BCUT2D eigenvalue weighted by Crippen LogP contribution is -2.62. The maximum atomic E-state index is 11.3. The lowest BCUT2D eigenvalue weighted by Gasteiger charge is -2.35. The van der Waals surface area contributed by atoms with E-state index >= 15 is 0 Å². The van der Waals surface area contributed by atoms with Crippen molar-refractivity contribution >= 4 is 11.9 Å². The normalized spacial score (nSPS) is 32.1. The summed E-state index contributed by atoms with van der Waals surface area (Å²) >= 11 is 0. The van der Waals surface area contributed by atoms with Crippen LogP contribution in [0.1, 0.15) is 71.6 Å². The lowest BCUT2D eigenvalue weighted by molar-refractivity contribution is -0.593. The van der Waals surface area contributed by atoms with Gasteiger partial charge in [0.05, 0.1) is 30.8 Å². The van der Waals surface area contributed by atoms with Crippen LogP contribution < -0.4 is 10.6 Å². The van der Waals surface area contributed by atoms with Gasteiger partial charge in [-0.1, -0.05) is 6.92 Å². The van der Waals surface area contributed by atoms with E-state index in [0.29, 0.717) is 25.1 Å². The van der Waals surface area contributed by atoms with Gasteiger partial charge in [0.25, 0.3) is 0 Å². The van der Waals surface area contributed by atoms with Crippen molar-refractivity contribution in [2.75, 3.05) is 6.61 Å². The molecule has 2 N–H and O–H groups in total. The van der Waals surface area contributed by atoms with Gasteiger partial charge >= 0.3 is 11.9 Å². The molecule has 130 valence electrons. The summed E-state index contributed by atoms with van der Waals surface area (Å²) in [6.07, 6.45) is 9.90. The van der Waals surface area contributed by atoms with E-state index in [4.69, 9.17) is 4.74 Å². The number of carbonyl (C=O) groups is 1. The van der Waals surface area contributed by atoms with Crippen LogP contribution >= 0.6 is 0 Å². The smallest absolute Gasteiger partial charge is 0.346 e. The number of guanidine groups is 1. The fraction of sp³-hybridized carbons (Fsp3) is 0.889. The van der Waals surface area contributed by atoms with Crippen LogP contribution in [-0.4, -0.2) is 47.3 Å². The van der Waals surface area contributed by atoms with Gasteiger partial charge in [0, 0.05) is 19.3 Å². The third-order valence-corrected chi connectivity index (χ3v) is 5.45. The van der Waals surface area contributed by atoms with E-state index in [1.54, 1.807) is 0 Å². The van der Waals surface area contributed by atoms with E-state index in [9.17, 15) is 4.79 Å². The summed E-state index contributed by atoms with van der Waals surface area (Å²) in [7, 11) is 0. The van der Waals surface area contributed by atoms with E-state index in [0.717, 1.165) is 31.3 Å². The first-order valence-corrected chi connectivity index (χ1v) is 9.51. The van der Waals surface area contributed by atoms with Crippen molar-refractivity contribution in [2.45, 2.75) is 95.8 Å². The Morgan fingerprint density at radius 3 is 2.78 bits per heavy atom. The Kier molecular flexibility index (Phi) is 5.44. The Hall–Kier alpha value is -1.26. The molecule has 0 aromatic carbocycles. The molecular formula is C18H32N3O2+. The molecule has 0 aromatic rings. The number of hydrogen-bond acceptors (Lipinski definition) is 4. The highest BCUT2D eigenvalue weighted by Crippen LogP contribution is 2.31. The number of carbonyl (C=O) groups excluding carboxylic acids is 1. The van der Waals surface area contributed by atoms with Crippen LogP contribution in [0.3, 0.4) is 0 Å². The molecule has 0 unspecified atom stereocenters. The second kappa shape index (κ2) is 7.54. The Morgan fingerprint density at radius 1 is 1.22 bits per heavy atom. The average Bonchev–Trinajstić information content (AvgIpc) is 2.91. The first-order chi connectivity index (χ1) is 11.2. The molecule has 0 radical (unpaired) electrons. The predicted molar refractivity (Wildman–Crippen MR) is 90.6 cm³/mol. The van der Waals surface area contributed by atoms with Crippen LogP contribution in [0.15, 0.2) is 0 Å². The standard InChI is InChI=1S/C18H31N3O2/c1-3-6-17(22)23-10-5-4-7-14-12-16-9-8-15-11-13(2)19-18(20-14)21(15)16/h13-16H,3-12H2,1-2H3,(H,19,20)/p+1/t13-,14+,15+,16-/m1/s1. The quantitative estimate of drug-likeness (QED) is 0.428. The Morgan fingerprint density at radius 2 is 2.00 bits per heavy atom. The first-order valence-electron chi connectivity index (χ1n) is 9.51. The predicted octanol–water partition coefficient (Wildman–Crippen LogP) is 2.14. The summed E-state index contributed by atoms with van der Waals surface area (Å²) in [4.78, 5) is 11.3. The van der Waals surface area contributed by atoms with E-state index in [1.165, 1.54) is 38.1 Å². The summed E-state index contributed by atoms with van der Waals surface area (Å²) < 4.78 is 7.85. The van der Waals surface area contributed by atoms with Crippen LogP contribution in [0.5, 0.6) is 0 Å². The molecule has 3 heterocycles. The molecule has 5 nitrogen and oxygen atoms in total. The molecule has 0 aromatic heterocycles. The highest BCUT2D eigenvalue weighted by Gasteiger charge is 2.44. The molecule has 3 rings (SSSR count). The van der Waals surface area contributed by atoms with Crippen molar-refractivity contribution in [3.8, 4) is 0 Å². The van der Waals surface area contributed by atoms with Crippen molar-refractivity contribution < 1.29 is 14.1 Å². The van der Waals surface area contributed by atoms with Crippen LogP contribution in [-0.2, 0) is 9.53 Å². The van der Waals surface area contributed by atoms with Gasteiger partial charge < -0.3 is 4.74 Å². The van der Waals surface area contributed by atoms with Crippen LogP contribution in [0.25, 0.3) is 0 Å². The molecule has 3 aliphatic heterocycles. The second-order valence-corrected chi connectivity index (χ2v) is 7.47. The Labute approximate surface area is 139 Å². The highest BCUT2D eigenvalue weighted by atomic mass is 16.5. The molecule has 0 aliphatic carbocycles. The van der Waals surface area contributed by atoms with Gasteiger partial charge in [0.2, 0.25) is 0 Å². The maximum absolute atomic E-state index is 11.3. The van der Waals surface area contributed by atoms with Crippen molar-refractivity contribution in [3.05, 3.63) is 0 Å². The molecule has 5 heteroatoms. The van der Waals surface area contributed by atoms with Gasteiger partial charge in [-0.2, -0.15) is 0 Å². The number of hydrogen-bond donors (Lipinski definition) is 2. The summed E-state index contributed by atoms with van der Waals surface area (Å²) in [5.41, 5.74) is 0. The number of ether oxygens (including phenoxy) is 1. The number of nitrogens with zero attached hydrogens (tertiary/aromatic N) is 1. The molecular weight excluding hydrogens is 290 g/mol. The van der Waals surface area contributed by atoms with Crippen molar-refractivity contribution in [1.29, 1.82) is 0 Å². The second-order valence-electron chi connectivity index (χ2n) is 7.47. The Bertz CT molecular complexity index is 463. The third kappa shape index (κ3) is 3.99. The molecule has 1 saturated heterocycles. The minimum Gasteiger partial charge on any atom is -0.466 e. The third-order valence-electron chi connectivity index (χ3n) is 5.45. The fourth-order valence-electron chi connectivity index (χ4n) is 4.41. The topological polar surface area (TPSA) is 53.4 Å². The number of esters is 1. The zero-order valence-electron chi connectivity index (χ0n) is 14.6. The van der Waals surface area contributed by atoms with Crippen molar-refractivity contribution in [3.63, 3.8) is 0 Å². The highest BCUT2D eigenvalue weighted by molar-refractivity contribution is 5.76. The molecule has 0 spiro atoms. The molecule has 0 bridgehead atoms. The van der Waals surface area contributed by atoms with Crippen LogP contribution in [0.4, 0.5) is 0 Å². The van der Waals surface area contributed by atoms with E-state index in [2.05, 4.69) is 22.1 Å². The van der Waals surface area contributed by atoms with Crippen molar-refractivity contribution in [2.24, 2.45) is 0 Å². The van der Waals surface area contributed by atoms with Gasteiger partial charge in [-0.05, 0) is 45.4 Å². The molecule has 0 amide bonds. The van der Waals surface area contributed by atoms with Crippen LogP contribution in [0, 0.1) is 0 Å². The molecule has 0 saturated carbocycles. The van der Waals surface area contributed by atoms with Gasteiger partial charge in [-0.3, -0.25) is 20.0 Å². The first kappa shape index (κ1) is 16.6. The molecule has 1 fully saturated rings. The SMILES string of the molecule is CCCC(=O)OCCCC[C@H]1C[C@H]2CC[C@H]3C[C@@H](C)NC(=[N+]23)N1. The maximum Gasteiger partial charge on any atom is 0.346 e.